The van der Waals surface area contributed by atoms with Gasteiger partial charge < -0.3 is 4.74 Å². The minimum absolute atomic E-state index is 0.702. The highest BCUT2D eigenvalue weighted by Crippen LogP contribution is 2.28. The van der Waals surface area contributed by atoms with E-state index >= 15 is 0 Å². The van der Waals surface area contributed by atoms with E-state index in [1.165, 1.54) is 45.2 Å². The lowest BCUT2D eigenvalue weighted by Gasteiger charge is -2.22. The van der Waals surface area contributed by atoms with Crippen LogP contribution in [0.5, 0.6) is 0 Å². The molecule has 0 radical (unpaired) electrons. The van der Waals surface area contributed by atoms with Crippen molar-refractivity contribution < 1.29 is 4.74 Å². The van der Waals surface area contributed by atoms with Gasteiger partial charge in [-0.25, -0.2) is 0 Å². The van der Waals surface area contributed by atoms with Gasteiger partial charge in [-0.2, -0.15) is 0 Å². The molecule has 0 spiro atoms. The van der Waals surface area contributed by atoms with E-state index in [1.54, 1.807) is 0 Å². The minimum atomic E-state index is 0.702. The van der Waals surface area contributed by atoms with E-state index in [9.17, 15) is 0 Å². The summed E-state index contributed by atoms with van der Waals surface area (Å²) in [6.45, 7) is 7.83. The smallest absolute Gasteiger partial charge is 0.0645 e. The second kappa shape index (κ2) is 5.66. The summed E-state index contributed by atoms with van der Waals surface area (Å²) in [5.41, 5.74) is 0. The molecular weight excluding hydrogens is 186 g/mol. The van der Waals surface area contributed by atoms with Crippen molar-refractivity contribution in [2.75, 3.05) is 26.3 Å². The Bertz CT molecular complexity index is 199. The maximum absolute atomic E-state index is 5.47. The van der Waals surface area contributed by atoms with Gasteiger partial charge in [0.25, 0.3) is 0 Å². The average Bonchev–Trinajstić information content (AvgIpc) is 2.99. The molecule has 2 fully saturated rings. The van der Waals surface area contributed by atoms with Crippen LogP contribution >= 0.6 is 0 Å². The van der Waals surface area contributed by atoms with E-state index in [2.05, 4.69) is 11.5 Å². The molecule has 2 unspecified atom stereocenters. The summed E-state index contributed by atoms with van der Waals surface area (Å²) in [5.74, 6) is 0.975. The third-order valence-corrected chi connectivity index (χ3v) is 3.59. The highest BCUT2D eigenvalue weighted by molar-refractivity contribution is 4.90. The fourth-order valence-electron chi connectivity index (χ4n) is 2.59. The summed E-state index contributed by atoms with van der Waals surface area (Å²) < 4.78 is 5.47. The largest absolute Gasteiger partial charge is 0.376 e. The van der Waals surface area contributed by atoms with Crippen molar-refractivity contribution in [1.29, 1.82) is 0 Å². The third-order valence-electron chi connectivity index (χ3n) is 3.59. The molecule has 2 atom stereocenters. The Morgan fingerprint density at radius 1 is 1.27 bits per heavy atom. The van der Waals surface area contributed by atoms with Gasteiger partial charge >= 0.3 is 0 Å². The monoisotopic (exact) mass is 209 g/mol. The molecule has 0 aromatic heterocycles. The number of rotatable bonds is 6. The lowest BCUT2D eigenvalue weighted by molar-refractivity contribution is 0.150. The van der Waals surface area contributed by atoms with Gasteiger partial charge in [0.1, 0.15) is 0 Å². The van der Waals surface area contributed by atoms with Crippen LogP contribution in [0.2, 0.25) is 0 Å². The Kier molecular flexibility index (Phi) is 4.21. The van der Waals surface area contributed by atoms with Gasteiger partial charge in [0.15, 0.2) is 0 Å². The van der Waals surface area contributed by atoms with Crippen LogP contribution in [-0.4, -0.2) is 37.2 Å². The van der Waals surface area contributed by atoms with Crippen LogP contribution in [0.4, 0.5) is 0 Å². The molecule has 2 rings (SSSR count). The fourth-order valence-corrected chi connectivity index (χ4v) is 2.59. The van der Waals surface area contributed by atoms with Gasteiger partial charge in [-0.15, -0.1) is 6.58 Å². The Labute approximate surface area is 93.3 Å². The molecule has 0 amide bonds. The highest BCUT2D eigenvalue weighted by atomic mass is 16.5. The van der Waals surface area contributed by atoms with Crippen molar-refractivity contribution in [3.63, 3.8) is 0 Å². The van der Waals surface area contributed by atoms with Gasteiger partial charge in [-0.1, -0.05) is 25.3 Å². The van der Waals surface area contributed by atoms with E-state index in [0.29, 0.717) is 12.6 Å². The van der Waals surface area contributed by atoms with E-state index in [-0.39, 0.29) is 0 Å². The molecule has 1 aliphatic heterocycles. The molecule has 0 aromatic rings. The van der Waals surface area contributed by atoms with Crippen molar-refractivity contribution in [3.8, 4) is 0 Å². The molecular formula is C13H23NO. The van der Waals surface area contributed by atoms with Gasteiger partial charge in [0, 0.05) is 19.1 Å². The van der Waals surface area contributed by atoms with E-state index in [4.69, 9.17) is 4.74 Å². The lowest BCUT2D eigenvalue weighted by Crippen LogP contribution is -2.19. The molecule has 1 saturated heterocycles. The second-order valence-corrected chi connectivity index (χ2v) is 4.94. The Hall–Kier alpha value is -0.340. The molecule has 2 heteroatoms. The lowest BCUT2D eigenvalue weighted by atomic mass is 9.89. The van der Waals surface area contributed by atoms with Crippen LogP contribution in [0.25, 0.3) is 0 Å². The molecule has 15 heavy (non-hydrogen) atoms. The maximum Gasteiger partial charge on any atom is 0.0645 e. The molecule has 1 saturated carbocycles. The van der Waals surface area contributed by atoms with Gasteiger partial charge in [0.05, 0.1) is 13.2 Å². The normalized spacial score (nSPS) is 31.5. The predicted molar refractivity (Wildman–Crippen MR) is 63.0 cm³/mol. The zero-order valence-corrected chi connectivity index (χ0v) is 9.66. The third kappa shape index (κ3) is 3.62. The SMILES string of the molecule is C=CCOCC1CN1CC1CCCCC1. The summed E-state index contributed by atoms with van der Waals surface area (Å²) in [7, 11) is 0. The number of ether oxygens (including phenoxy) is 1. The standard InChI is InChI=1S/C13H23NO/c1-2-8-15-11-13-10-14(13)9-12-6-4-3-5-7-12/h2,12-13H,1,3-11H2. The summed E-state index contributed by atoms with van der Waals surface area (Å²) in [5, 5.41) is 0. The van der Waals surface area contributed by atoms with Crippen LogP contribution in [0.3, 0.4) is 0 Å². The van der Waals surface area contributed by atoms with Crippen LogP contribution < -0.4 is 0 Å². The van der Waals surface area contributed by atoms with E-state index in [0.717, 1.165) is 12.5 Å². The van der Waals surface area contributed by atoms with Crippen LogP contribution in [0, 0.1) is 5.92 Å². The fraction of sp³-hybridized carbons (Fsp3) is 0.846. The van der Waals surface area contributed by atoms with Crippen LogP contribution in [0.1, 0.15) is 32.1 Å². The second-order valence-electron chi connectivity index (χ2n) is 4.94. The molecule has 0 N–H and O–H groups in total. The van der Waals surface area contributed by atoms with Gasteiger partial charge in [0.2, 0.25) is 0 Å². The first kappa shape index (κ1) is 11.2. The Balaban J connectivity index is 1.55. The van der Waals surface area contributed by atoms with Crippen LogP contribution in [-0.2, 0) is 4.74 Å². The highest BCUT2D eigenvalue weighted by Gasteiger charge is 2.35. The first-order chi connectivity index (χ1) is 7.40. The van der Waals surface area contributed by atoms with Crippen molar-refractivity contribution >= 4 is 0 Å². The number of hydrogen-bond donors (Lipinski definition) is 0. The quantitative estimate of drug-likeness (QED) is 0.378. The first-order valence-electron chi connectivity index (χ1n) is 6.33. The Morgan fingerprint density at radius 3 is 2.80 bits per heavy atom. The zero-order valence-electron chi connectivity index (χ0n) is 9.66. The summed E-state index contributed by atoms with van der Waals surface area (Å²) in [6.07, 6.45) is 9.11. The van der Waals surface area contributed by atoms with Crippen LogP contribution in [0.15, 0.2) is 12.7 Å². The molecule has 86 valence electrons. The van der Waals surface area contributed by atoms with E-state index in [1.807, 2.05) is 6.08 Å². The van der Waals surface area contributed by atoms with Gasteiger partial charge in [-0.3, -0.25) is 4.90 Å². The first-order valence-corrected chi connectivity index (χ1v) is 6.33. The molecule has 0 bridgehead atoms. The molecule has 2 aliphatic rings. The summed E-state index contributed by atoms with van der Waals surface area (Å²) >= 11 is 0. The summed E-state index contributed by atoms with van der Waals surface area (Å²) in [4.78, 5) is 2.57. The maximum atomic E-state index is 5.47. The predicted octanol–water partition coefficient (Wildman–Crippen LogP) is 2.45. The molecule has 0 aromatic carbocycles. The van der Waals surface area contributed by atoms with E-state index < -0.39 is 0 Å². The van der Waals surface area contributed by atoms with Crippen molar-refractivity contribution in [2.45, 2.75) is 38.1 Å². The molecule has 1 heterocycles. The Morgan fingerprint density at radius 2 is 2.07 bits per heavy atom. The topological polar surface area (TPSA) is 12.2 Å². The van der Waals surface area contributed by atoms with Crippen molar-refractivity contribution in [3.05, 3.63) is 12.7 Å². The zero-order chi connectivity index (χ0) is 10.5. The van der Waals surface area contributed by atoms with Crippen molar-refractivity contribution in [2.24, 2.45) is 5.92 Å². The molecule has 2 nitrogen and oxygen atoms in total. The molecule has 1 aliphatic carbocycles. The summed E-state index contributed by atoms with van der Waals surface area (Å²) in [6, 6.07) is 0.715. The number of nitrogens with zero attached hydrogens (tertiary/aromatic N) is 1. The average molecular weight is 209 g/mol. The minimum Gasteiger partial charge on any atom is -0.376 e. The van der Waals surface area contributed by atoms with Gasteiger partial charge in [-0.05, 0) is 18.8 Å². The number of hydrogen-bond acceptors (Lipinski definition) is 2. The van der Waals surface area contributed by atoms with Crippen molar-refractivity contribution in [1.82, 2.24) is 4.90 Å².